The Morgan fingerprint density at radius 3 is 2.35 bits per heavy atom. The van der Waals surface area contributed by atoms with Gasteiger partial charge in [0.15, 0.2) is 15.7 Å². The second kappa shape index (κ2) is 10.8. The summed E-state index contributed by atoms with van der Waals surface area (Å²) in [6.45, 7) is 1.78. The number of benzene rings is 1. The number of halogens is 2. The largest absolute Gasteiger partial charge is 0.471 e. The lowest BCUT2D eigenvalue weighted by molar-refractivity contribution is -0.0119. The van der Waals surface area contributed by atoms with E-state index >= 15 is 0 Å². The summed E-state index contributed by atoms with van der Waals surface area (Å²) in [5, 5.41) is 11.2. The Labute approximate surface area is 259 Å². The summed E-state index contributed by atoms with van der Waals surface area (Å²) < 4.78 is 30.3. The van der Waals surface area contributed by atoms with Gasteiger partial charge in [-0.25, -0.2) is 18.1 Å². The van der Waals surface area contributed by atoms with Crippen LogP contribution in [0, 0.1) is 30.6 Å². The maximum absolute atomic E-state index is 13.8. The van der Waals surface area contributed by atoms with Gasteiger partial charge in [-0.2, -0.15) is 0 Å². The molecule has 5 fully saturated rings. The van der Waals surface area contributed by atoms with E-state index in [2.05, 4.69) is 20.7 Å². The van der Waals surface area contributed by atoms with Gasteiger partial charge in [0.1, 0.15) is 11.8 Å². The molecule has 1 aromatic carbocycles. The van der Waals surface area contributed by atoms with Crippen molar-refractivity contribution >= 4 is 50.5 Å². The van der Waals surface area contributed by atoms with Crippen LogP contribution in [0.15, 0.2) is 36.5 Å². The van der Waals surface area contributed by atoms with Crippen LogP contribution in [0.5, 0.6) is 5.88 Å². The van der Waals surface area contributed by atoms with Gasteiger partial charge in [-0.05, 0) is 92.5 Å². The number of anilines is 1. The predicted molar refractivity (Wildman–Crippen MR) is 162 cm³/mol. The summed E-state index contributed by atoms with van der Waals surface area (Å²) in [7, 11) is -3.13. The Kier molecular flexibility index (Phi) is 7.17. The number of ether oxygens (including phenoxy) is 1. The highest BCUT2D eigenvalue weighted by Crippen LogP contribution is 2.53. The first-order valence-electron chi connectivity index (χ1n) is 14.5. The maximum Gasteiger partial charge on any atom is 0.274 e. The van der Waals surface area contributed by atoms with Crippen LogP contribution in [0.3, 0.4) is 0 Å². The molecule has 4 aliphatic carbocycles. The molecule has 2 aromatic heterocycles. The Balaban J connectivity index is 1.18. The van der Waals surface area contributed by atoms with Gasteiger partial charge in [0, 0.05) is 23.3 Å². The SMILES string of the molecule is Cc1cc(Cl)cc(C(=O)NC2C3CC4CC(C3)CC2C4)c1NC(=O)c1cc(OC2CS(=O)(=O)C2)nn1-c1ncccc1Cl. The molecule has 0 radical (unpaired) electrons. The molecule has 0 atom stereocenters. The molecular formula is C30H31Cl2N5O5S. The van der Waals surface area contributed by atoms with Crippen molar-refractivity contribution in [3.05, 3.63) is 63.4 Å². The van der Waals surface area contributed by atoms with Crippen molar-refractivity contribution in [2.24, 2.45) is 23.7 Å². The number of nitrogens with zero attached hydrogens (tertiary/aromatic N) is 3. The van der Waals surface area contributed by atoms with Crippen molar-refractivity contribution in [1.82, 2.24) is 20.1 Å². The number of aromatic nitrogens is 3. The number of hydrogen-bond donors (Lipinski definition) is 2. The minimum Gasteiger partial charge on any atom is -0.471 e. The van der Waals surface area contributed by atoms with Gasteiger partial charge in [-0.3, -0.25) is 9.59 Å². The number of sulfone groups is 1. The number of carbonyl (C=O) groups excluding carboxylic acids is 2. The zero-order valence-electron chi connectivity index (χ0n) is 23.4. The monoisotopic (exact) mass is 643 g/mol. The highest BCUT2D eigenvalue weighted by molar-refractivity contribution is 7.92. The van der Waals surface area contributed by atoms with E-state index in [1.165, 1.54) is 23.4 Å². The highest BCUT2D eigenvalue weighted by Gasteiger charge is 2.48. The van der Waals surface area contributed by atoms with Crippen molar-refractivity contribution in [3.8, 4) is 11.7 Å². The van der Waals surface area contributed by atoms with E-state index in [9.17, 15) is 18.0 Å². The van der Waals surface area contributed by atoms with Crippen molar-refractivity contribution in [2.75, 3.05) is 16.8 Å². The van der Waals surface area contributed by atoms with E-state index in [1.54, 1.807) is 31.2 Å². The van der Waals surface area contributed by atoms with Gasteiger partial charge in [-0.1, -0.05) is 23.2 Å². The van der Waals surface area contributed by atoms with Crippen molar-refractivity contribution in [1.29, 1.82) is 0 Å². The fraction of sp³-hybridized carbons (Fsp3) is 0.467. The van der Waals surface area contributed by atoms with E-state index in [1.807, 2.05) is 0 Å². The van der Waals surface area contributed by atoms with Gasteiger partial charge in [-0.15, -0.1) is 5.10 Å². The van der Waals surface area contributed by atoms with E-state index in [4.69, 9.17) is 27.9 Å². The fourth-order valence-electron chi connectivity index (χ4n) is 7.69. The quantitative estimate of drug-likeness (QED) is 0.375. The molecule has 2 N–H and O–H groups in total. The molecule has 13 heteroatoms. The molecule has 0 spiro atoms. The van der Waals surface area contributed by atoms with E-state index < -0.39 is 21.8 Å². The molecule has 5 aliphatic rings. The third-order valence-corrected chi connectivity index (χ3v) is 11.6. The molecule has 1 saturated heterocycles. The van der Waals surface area contributed by atoms with Crippen molar-refractivity contribution in [2.45, 2.75) is 51.2 Å². The molecule has 4 bridgehead atoms. The Morgan fingerprint density at radius 2 is 1.70 bits per heavy atom. The number of pyridine rings is 1. The standard InChI is InChI=1S/C30H31Cl2N5O5S/c1-15-5-20(31)11-22(29(38)35-27-18-7-16-6-17(9-18)10-19(27)8-16)26(15)34-30(39)24-12-25(42-21-13-43(40,41)14-21)36-37(24)28-23(32)3-2-4-33-28/h2-5,11-12,16-19,21,27H,6-10,13-14H2,1H3,(H,34,39)(H,35,38). The van der Waals surface area contributed by atoms with Crippen LogP contribution in [-0.2, 0) is 9.84 Å². The zero-order chi connectivity index (χ0) is 30.0. The molecule has 4 saturated carbocycles. The Morgan fingerprint density at radius 1 is 1.00 bits per heavy atom. The summed E-state index contributed by atoms with van der Waals surface area (Å²) in [6.07, 6.45) is 6.91. The van der Waals surface area contributed by atoms with Gasteiger partial charge in [0.05, 0.1) is 27.8 Å². The van der Waals surface area contributed by atoms with Crippen LogP contribution in [0.2, 0.25) is 10.0 Å². The summed E-state index contributed by atoms with van der Waals surface area (Å²) in [6, 6.07) is 8.05. The summed E-state index contributed by atoms with van der Waals surface area (Å²) in [5.74, 6) is 1.67. The molecule has 3 heterocycles. The molecule has 0 unspecified atom stereocenters. The number of rotatable bonds is 7. The molecule has 1 aliphatic heterocycles. The lowest BCUT2D eigenvalue weighted by Crippen LogP contribution is -2.55. The highest BCUT2D eigenvalue weighted by atomic mass is 35.5. The molecule has 2 amide bonds. The molecule has 43 heavy (non-hydrogen) atoms. The van der Waals surface area contributed by atoms with E-state index in [0.29, 0.717) is 28.1 Å². The first kappa shape index (κ1) is 28.6. The molecule has 10 nitrogen and oxygen atoms in total. The lowest BCUT2D eigenvalue weighted by Gasteiger charge is -2.54. The Bertz CT molecular complexity index is 1700. The normalized spacial score (nSPS) is 27.0. The van der Waals surface area contributed by atoms with Crippen LogP contribution in [0.4, 0.5) is 5.69 Å². The topological polar surface area (TPSA) is 132 Å². The van der Waals surface area contributed by atoms with Crippen LogP contribution in [0.25, 0.3) is 5.82 Å². The summed E-state index contributed by atoms with van der Waals surface area (Å²) in [4.78, 5) is 31.9. The second-order valence-electron chi connectivity index (χ2n) is 12.4. The van der Waals surface area contributed by atoms with Gasteiger partial charge < -0.3 is 15.4 Å². The maximum atomic E-state index is 13.8. The van der Waals surface area contributed by atoms with Crippen LogP contribution >= 0.6 is 23.2 Å². The average molecular weight is 645 g/mol. The van der Waals surface area contributed by atoms with Crippen molar-refractivity contribution < 1.29 is 22.7 Å². The van der Waals surface area contributed by atoms with Crippen LogP contribution in [0.1, 0.15) is 58.5 Å². The third-order valence-electron chi connectivity index (χ3n) is 9.33. The lowest BCUT2D eigenvalue weighted by atomic mass is 9.54. The number of nitrogens with one attached hydrogen (secondary N) is 2. The molecule has 226 valence electrons. The van der Waals surface area contributed by atoms with E-state index in [-0.39, 0.29) is 51.4 Å². The van der Waals surface area contributed by atoms with Gasteiger partial charge in [0.2, 0.25) is 5.88 Å². The zero-order valence-corrected chi connectivity index (χ0v) is 25.8. The first-order chi connectivity index (χ1) is 20.5. The minimum atomic E-state index is -3.13. The minimum absolute atomic E-state index is 0.0412. The molecule has 3 aromatic rings. The smallest absolute Gasteiger partial charge is 0.274 e. The first-order valence-corrected chi connectivity index (χ1v) is 17.1. The van der Waals surface area contributed by atoms with Gasteiger partial charge in [0.25, 0.3) is 11.8 Å². The van der Waals surface area contributed by atoms with Crippen LogP contribution in [-0.4, -0.2) is 58.6 Å². The number of carbonyl (C=O) groups is 2. The molecule has 8 rings (SSSR count). The second-order valence-corrected chi connectivity index (χ2v) is 15.4. The number of aryl methyl sites for hydroxylation is 1. The summed E-state index contributed by atoms with van der Waals surface area (Å²) in [5.41, 5.74) is 1.28. The predicted octanol–water partition coefficient (Wildman–Crippen LogP) is 4.87. The fourth-order valence-corrected chi connectivity index (χ4v) is 9.33. The van der Waals surface area contributed by atoms with Gasteiger partial charge >= 0.3 is 0 Å². The van der Waals surface area contributed by atoms with E-state index in [0.717, 1.165) is 37.5 Å². The summed E-state index contributed by atoms with van der Waals surface area (Å²) >= 11 is 12.8. The molecular weight excluding hydrogens is 613 g/mol. The van der Waals surface area contributed by atoms with Crippen molar-refractivity contribution in [3.63, 3.8) is 0 Å². The average Bonchev–Trinajstić information content (AvgIpc) is 3.34. The number of amides is 2. The third kappa shape index (κ3) is 5.51. The number of hydrogen-bond acceptors (Lipinski definition) is 7. The Hall–Kier alpha value is -3.15. The van der Waals surface area contributed by atoms with Crippen LogP contribution < -0.4 is 15.4 Å².